The van der Waals surface area contributed by atoms with Crippen molar-refractivity contribution >= 4 is 5.57 Å². The Morgan fingerprint density at radius 3 is 2.46 bits per heavy atom. The van der Waals surface area contributed by atoms with Gasteiger partial charge in [0.2, 0.25) is 0 Å². The van der Waals surface area contributed by atoms with Crippen LogP contribution in [0.15, 0.2) is 24.8 Å². The molecule has 0 bridgehead atoms. The van der Waals surface area contributed by atoms with E-state index < -0.39 is 0 Å². The van der Waals surface area contributed by atoms with Gasteiger partial charge in [-0.05, 0) is 36.1 Å². The molecule has 1 aromatic carbocycles. The quantitative estimate of drug-likeness (QED) is 0.730. The van der Waals surface area contributed by atoms with E-state index >= 15 is 0 Å². The summed E-state index contributed by atoms with van der Waals surface area (Å²) in [5.41, 5.74) is 3.35. The third-order valence-corrected chi connectivity index (χ3v) is 2.12. The maximum atomic E-state index is 9.34. The standard InChI is InChI=1S/C12H16O/c1-8(2)11-6-5-10(13)7-12(11)9(3)4/h5-7,9,13H,1H2,2-4H3. The van der Waals surface area contributed by atoms with E-state index in [0.717, 1.165) is 16.7 Å². The van der Waals surface area contributed by atoms with Crippen LogP contribution >= 0.6 is 0 Å². The molecule has 70 valence electrons. The molecule has 1 N–H and O–H groups in total. The summed E-state index contributed by atoms with van der Waals surface area (Å²) in [4.78, 5) is 0. The molecular weight excluding hydrogens is 160 g/mol. The SMILES string of the molecule is C=C(C)c1ccc(O)cc1C(C)C. The Kier molecular flexibility index (Phi) is 2.76. The lowest BCUT2D eigenvalue weighted by molar-refractivity contribution is 0.474. The van der Waals surface area contributed by atoms with Gasteiger partial charge >= 0.3 is 0 Å². The van der Waals surface area contributed by atoms with Crippen molar-refractivity contribution in [3.63, 3.8) is 0 Å². The van der Waals surface area contributed by atoms with Crippen LogP contribution in [0.25, 0.3) is 5.57 Å². The first kappa shape index (κ1) is 9.85. The molecule has 1 aromatic rings. The van der Waals surface area contributed by atoms with Crippen LogP contribution in [0.1, 0.15) is 37.8 Å². The largest absolute Gasteiger partial charge is 0.508 e. The van der Waals surface area contributed by atoms with Crippen LogP contribution in [0.3, 0.4) is 0 Å². The van der Waals surface area contributed by atoms with Gasteiger partial charge in [-0.3, -0.25) is 0 Å². The van der Waals surface area contributed by atoms with Gasteiger partial charge < -0.3 is 5.11 Å². The zero-order valence-electron chi connectivity index (χ0n) is 8.46. The van der Waals surface area contributed by atoms with Crippen LogP contribution in [0.4, 0.5) is 0 Å². The molecule has 0 atom stereocenters. The van der Waals surface area contributed by atoms with Crippen molar-refractivity contribution in [2.45, 2.75) is 26.7 Å². The fourth-order valence-electron chi connectivity index (χ4n) is 1.42. The van der Waals surface area contributed by atoms with Crippen LogP contribution in [-0.4, -0.2) is 5.11 Å². The Labute approximate surface area is 79.7 Å². The van der Waals surface area contributed by atoms with Gasteiger partial charge in [0.05, 0.1) is 0 Å². The average molecular weight is 176 g/mol. The van der Waals surface area contributed by atoms with Crippen LogP contribution < -0.4 is 0 Å². The lowest BCUT2D eigenvalue weighted by Gasteiger charge is -2.12. The molecule has 0 aliphatic carbocycles. The van der Waals surface area contributed by atoms with E-state index in [1.165, 1.54) is 0 Å². The van der Waals surface area contributed by atoms with Gasteiger partial charge in [0, 0.05) is 0 Å². The second-order valence-electron chi connectivity index (χ2n) is 3.71. The normalized spacial score (nSPS) is 10.5. The predicted octanol–water partition coefficient (Wildman–Crippen LogP) is 3.55. The summed E-state index contributed by atoms with van der Waals surface area (Å²) >= 11 is 0. The third-order valence-electron chi connectivity index (χ3n) is 2.12. The highest BCUT2D eigenvalue weighted by Crippen LogP contribution is 2.27. The van der Waals surface area contributed by atoms with E-state index in [9.17, 15) is 5.11 Å². The zero-order chi connectivity index (χ0) is 10.0. The summed E-state index contributed by atoms with van der Waals surface area (Å²) in [7, 11) is 0. The maximum absolute atomic E-state index is 9.34. The highest BCUT2D eigenvalue weighted by molar-refractivity contribution is 5.66. The van der Waals surface area contributed by atoms with Gasteiger partial charge in [0.25, 0.3) is 0 Å². The van der Waals surface area contributed by atoms with Crippen LogP contribution in [-0.2, 0) is 0 Å². The van der Waals surface area contributed by atoms with Gasteiger partial charge in [0.1, 0.15) is 5.75 Å². The molecule has 0 radical (unpaired) electrons. The summed E-state index contributed by atoms with van der Waals surface area (Å²) in [6.07, 6.45) is 0. The summed E-state index contributed by atoms with van der Waals surface area (Å²) in [5, 5.41) is 9.34. The van der Waals surface area contributed by atoms with Crippen molar-refractivity contribution in [1.82, 2.24) is 0 Å². The Hall–Kier alpha value is -1.24. The average Bonchev–Trinajstić information content (AvgIpc) is 2.03. The smallest absolute Gasteiger partial charge is 0.115 e. The molecular formula is C12H16O. The van der Waals surface area contributed by atoms with E-state index in [1.807, 2.05) is 19.1 Å². The number of hydrogen-bond donors (Lipinski definition) is 1. The molecule has 1 nitrogen and oxygen atoms in total. The Morgan fingerprint density at radius 2 is 2.00 bits per heavy atom. The number of phenolic OH excluding ortho intramolecular Hbond substituents is 1. The van der Waals surface area contributed by atoms with Gasteiger partial charge in [-0.15, -0.1) is 0 Å². The Morgan fingerprint density at radius 1 is 1.38 bits per heavy atom. The molecule has 13 heavy (non-hydrogen) atoms. The van der Waals surface area contributed by atoms with E-state index in [-0.39, 0.29) is 0 Å². The maximum Gasteiger partial charge on any atom is 0.115 e. The molecule has 0 unspecified atom stereocenters. The van der Waals surface area contributed by atoms with Crippen molar-refractivity contribution in [2.75, 3.05) is 0 Å². The predicted molar refractivity (Wildman–Crippen MR) is 56.9 cm³/mol. The molecule has 0 aliphatic heterocycles. The lowest BCUT2D eigenvalue weighted by Crippen LogP contribution is -1.93. The van der Waals surface area contributed by atoms with Crippen molar-refractivity contribution in [1.29, 1.82) is 0 Å². The number of benzene rings is 1. The number of aromatic hydroxyl groups is 1. The van der Waals surface area contributed by atoms with E-state index in [4.69, 9.17) is 0 Å². The minimum Gasteiger partial charge on any atom is -0.508 e. The van der Waals surface area contributed by atoms with Crippen molar-refractivity contribution in [3.05, 3.63) is 35.9 Å². The van der Waals surface area contributed by atoms with E-state index in [0.29, 0.717) is 11.7 Å². The summed E-state index contributed by atoms with van der Waals surface area (Å²) in [6.45, 7) is 10.1. The van der Waals surface area contributed by atoms with E-state index in [2.05, 4.69) is 20.4 Å². The number of allylic oxidation sites excluding steroid dienone is 1. The third kappa shape index (κ3) is 2.11. The van der Waals surface area contributed by atoms with Crippen LogP contribution in [0, 0.1) is 0 Å². The van der Waals surface area contributed by atoms with Crippen molar-refractivity contribution < 1.29 is 5.11 Å². The lowest BCUT2D eigenvalue weighted by atomic mass is 9.93. The van der Waals surface area contributed by atoms with Gasteiger partial charge in [-0.2, -0.15) is 0 Å². The molecule has 1 heteroatoms. The van der Waals surface area contributed by atoms with Gasteiger partial charge in [-0.25, -0.2) is 0 Å². The second kappa shape index (κ2) is 3.65. The summed E-state index contributed by atoms with van der Waals surface area (Å²) in [5.74, 6) is 0.743. The topological polar surface area (TPSA) is 20.2 Å². The summed E-state index contributed by atoms with van der Waals surface area (Å²) < 4.78 is 0. The molecule has 0 amide bonds. The first-order chi connectivity index (χ1) is 6.02. The Bertz CT molecular complexity index is 324. The van der Waals surface area contributed by atoms with Crippen LogP contribution in [0.5, 0.6) is 5.75 Å². The number of hydrogen-bond acceptors (Lipinski definition) is 1. The fraction of sp³-hybridized carbons (Fsp3) is 0.333. The zero-order valence-corrected chi connectivity index (χ0v) is 8.46. The minimum atomic E-state index is 0.327. The van der Waals surface area contributed by atoms with Crippen molar-refractivity contribution in [2.24, 2.45) is 0 Å². The van der Waals surface area contributed by atoms with Crippen molar-refractivity contribution in [3.8, 4) is 5.75 Å². The van der Waals surface area contributed by atoms with E-state index in [1.54, 1.807) is 6.07 Å². The number of rotatable bonds is 2. The number of phenols is 1. The molecule has 0 fully saturated rings. The molecule has 0 heterocycles. The first-order valence-corrected chi connectivity index (χ1v) is 4.51. The molecule has 0 aromatic heterocycles. The van der Waals surface area contributed by atoms with Crippen LogP contribution in [0.2, 0.25) is 0 Å². The molecule has 0 spiro atoms. The highest BCUT2D eigenvalue weighted by atomic mass is 16.3. The second-order valence-corrected chi connectivity index (χ2v) is 3.71. The molecule has 0 aliphatic rings. The molecule has 1 rings (SSSR count). The summed E-state index contributed by atoms with van der Waals surface area (Å²) in [6, 6.07) is 5.44. The Balaban J connectivity index is 3.26. The first-order valence-electron chi connectivity index (χ1n) is 4.51. The molecule has 0 saturated heterocycles. The monoisotopic (exact) mass is 176 g/mol. The van der Waals surface area contributed by atoms with Gasteiger partial charge in [0.15, 0.2) is 0 Å². The highest BCUT2D eigenvalue weighted by Gasteiger charge is 2.07. The van der Waals surface area contributed by atoms with Gasteiger partial charge in [-0.1, -0.05) is 32.1 Å². The molecule has 0 saturated carbocycles. The minimum absolute atomic E-state index is 0.327. The fourth-order valence-corrected chi connectivity index (χ4v) is 1.42.